The third-order valence-corrected chi connectivity index (χ3v) is 4.87. The highest BCUT2D eigenvalue weighted by Crippen LogP contribution is 2.25. The summed E-state index contributed by atoms with van der Waals surface area (Å²) in [6.45, 7) is 2.24. The number of nitrogens with one attached hydrogen (secondary N) is 1. The molecule has 0 spiro atoms. The van der Waals surface area contributed by atoms with Crippen molar-refractivity contribution in [1.29, 1.82) is 0 Å². The molecule has 0 atom stereocenters. The van der Waals surface area contributed by atoms with E-state index in [0.29, 0.717) is 24.9 Å². The Hall–Kier alpha value is -2.46. The van der Waals surface area contributed by atoms with Crippen LogP contribution in [0.2, 0.25) is 0 Å². The number of rotatable bonds is 6. The molecule has 1 aromatic heterocycles. The summed E-state index contributed by atoms with van der Waals surface area (Å²) < 4.78 is 13.3. The lowest BCUT2D eigenvalue weighted by molar-refractivity contribution is -0.121. The molecule has 0 aliphatic rings. The van der Waals surface area contributed by atoms with Crippen LogP contribution in [-0.2, 0) is 17.8 Å². The van der Waals surface area contributed by atoms with E-state index in [9.17, 15) is 9.18 Å². The number of benzene rings is 2. The Morgan fingerprint density at radius 2 is 2.00 bits per heavy atom. The van der Waals surface area contributed by atoms with Crippen LogP contribution in [0.5, 0.6) is 0 Å². The Morgan fingerprint density at radius 3 is 2.76 bits per heavy atom. The predicted octanol–water partition coefficient (Wildman–Crippen LogP) is 5.11. The van der Waals surface area contributed by atoms with Crippen LogP contribution in [0.3, 0.4) is 0 Å². The van der Waals surface area contributed by atoms with Gasteiger partial charge in [0.2, 0.25) is 5.91 Å². The van der Waals surface area contributed by atoms with Crippen molar-refractivity contribution < 1.29 is 9.18 Å². The van der Waals surface area contributed by atoms with Crippen molar-refractivity contribution in [3.05, 3.63) is 81.8 Å². The molecular formula is C21H20FNOS. The fourth-order valence-electron chi connectivity index (χ4n) is 2.78. The summed E-state index contributed by atoms with van der Waals surface area (Å²) in [5.41, 5.74) is 5.03. The molecule has 0 radical (unpaired) electrons. The topological polar surface area (TPSA) is 29.1 Å². The molecule has 0 saturated carbocycles. The number of thiophene rings is 1. The minimum atomic E-state index is -0.210. The van der Waals surface area contributed by atoms with Gasteiger partial charge in [0.1, 0.15) is 5.82 Å². The lowest BCUT2D eigenvalue weighted by Crippen LogP contribution is -2.23. The SMILES string of the molecule is Cc1cc(CCC(=O)NCc2ccccc2-c2ccsc2)ccc1F. The van der Waals surface area contributed by atoms with E-state index in [0.717, 1.165) is 16.7 Å². The van der Waals surface area contributed by atoms with Crippen LogP contribution in [0.1, 0.15) is 23.1 Å². The van der Waals surface area contributed by atoms with E-state index in [1.807, 2.05) is 18.2 Å². The Balaban J connectivity index is 1.57. The van der Waals surface area contributed by atoms with Crippen LogP contribution in [-0.4, -0.2) is 5.91 Å². The normalized spacial score (nSPS) is 10.6. The zero-order chi connectivity index (χ0) is 17.6. The average molecular weight is 353 g/mol. The standard InChI is InChI=1S/C21H20FNOS/c1-15-12-16(6-8-20(15)22)7-9-21(24)23-13-17-4-2-3-5-19(17)18-10-11-25-14-18/h2-6,8,10-12,14H,7,9,13H2,1H3,(H,23,24). The van der Waals surface area contributed by atoms with Gasteiger partial charge in [-0.1, -0.05) is 36.4 Å². The van der Waals surface area contributed by atoms with Crippen molar-refractivity contribution in [3.63, 3.8) is 0 Å². The molecule has 4 heteroatoms. The molecule has 2 aromatic carbocycles. The van der Waals surface area contributed by atoms with E-state index in [1.54, 1.807) is 30.4 Å². The first-order valence-corrected chi connectivity index (χ1v) is 9.20. The summed E-state index contributed by atoms with van der Waals surface area (Å²) in [5, 5.41) is 7.15. The van der Waals surface area contributed by atoms with Crippen LogP contribution >= 0.6 is 11.3 Å². The third-order valence-electron chi connectivity index (χ3n) is 4.19. The first kappa shape index (κ1) is 17.4. The Kier molecular flexibility index (Phi) is 5.61. The van der Waals surface area contributed by atoms with Crippen LogP contribution in [0.15, 0.2) is 59.3 Å². The minimum Gasteiger partial charge on any atom is -0.352 e. The number of hydrogen-bond donors (Lipinski definition) is 1. The van der Waals surface area contributed by atoms with Crippen LogP contribution < -0.4 is 5.32 Å². The molecule has 1 heterocycles. The van der Waals surface area contributed by atoms with Crippen molar-refractivity contribution in [2.45, 2.75) is 26.3 Å². The van der Waals surface area contributed by atoms with Gasteiger partial charge in [-0.15, -0.1) is 0 Å². The zero-order valence-corrected chi connectivity index (χ0v) is 14.9. The number of amides is 1. The van der Waals surface area contributed by atoms with Crippen molar-refractivity contribution >= 4 is 17.2 Å². The number of halogens is 1. The van der Waals surface area contributed by atoms with Gasteiger partial charge in [0, 0.05) is 13.0 Å². The Morgan fingerprint density at radius 1 is 1.16 bits per heavy atom. The highest BCUT2D eigenvalue weighted by molar-refractivity contribution is 7.08. The molecule has 3 rings (SSSR count). The first-order chi connectivity index (χ1) is 12.1. The van der Waals surface area contributed by atoms with E-state index < -0.39 is 0 Å². The fourth-order valence-corrected chi connectivity index (χ4v) is 3.43. The lowest BCUT2D eigenvalue weighted by atomic mass is 10.0. The third kappa shape index (κ3) is 4.54. The van der Waals surface area contributed by atoms with Gasteiger partial charge in [0.25, 0.3) is 0 Å². The summed E-state index contributed by atoms with van der Waals surface area (Å²) in [7, 11) is 0. The molecule has 0 unspecified atom stereocenters. The minimum absolute atomic E-state index is 0.00194. The molecule has 25 heavy (non-hydrogen) atoms. The molecule has 0 bridgehead atoms. The fraction of sp³-hybridized carbons (Fsp3) is 0.190. The van der Waals surface area contributed by atoms with Crippen molar-refractivity contribution in [2.24, 2.45) is 0 Å². The molecule has 1 amide bonds. The maximum absolute atomic E-state index is 13.3. The highest BCUT2D eigenvalue weighted by Gasteiger charge is 2.08. The van der Waals surface area contributed by atoms with E-state index in [1.165, 1.54) is 11.6 Å². The molecule has 3 aromatic rings. The van der Waals surface area contributed by atoms with E-state index in [-0.39, 0.29) is 11.7 Å². The molecule has 0 aliphatic carbocycles. The molecule has 128 valence electrons. The molecular weight excluding hydrogens is 333 g/mol. The molecule has 2 nitrogen and oxygen atoms in total. The Labute approximate surface area is 151 Å². The second-order valence-electron chi connectivity index (χ2n) is 6.03. The quantitative estimate of drug-likeness (QED) is 0.655. The van der Waals surface area contributed by atoms with Gasteiger partial charge in [-0.3, -0.25) is 4.79 Å². The average Bonchev–Trinajstić information content (AvgIpc) is 3.15. The van der Waals surface area contributed by atoms with Gasteiger partial charge in [0.05, 0.1) is 0 Å². The van der Waals surface area contributed by atoms with Crippen LogP contribution in [0, 0.1) is 12.7 Å². The second kappa shape index (κ2) is 8.08. The molecule has 1 N–H and O–H groups in total. The van der Waals surface area contributed by atoms with Gasteiger partial charge < -0.3 is 5.32 Å². The summed E-state index contributed by atoms with van der Waals surface area (Å²) in [6, 6.07) is 15.2. The molecule has 0 saturated heterocycles. The Bertz CT molecular complexity index is 858. The van der Waals surface area contributed by atoms with E-state index in [2.05, 4.69) is 28.2 Å². The van der Waals surface area contributed by atoms with Crippen molar-refractivity contribution in [2.75, 3.05) is 0 Å². The summed E-state index contributed by atoms with van der Waals surface area (Å²) in [4.78, 5) is 12.2. The van der Waals surface area contributed by atoms with Crippen LogP contribution in [0.25, 0.3) is 11.1 Å². The van der Waals surface area contributed by atoms with Gasteiger partial charge in [-0.05, 0) is 64.1 Å². The van der Waals surface area contributed by atoms with Crippen molar-refractivity contribution in [1.82, 2.24) is 5.32 Å². The predicted molar refractivity (Wildman–Crippen MR) is 101 cm³/mol. The first-order valence-electron chi connectivity index (χ1n) is 8.25. The van der Waals surface area contributed by atoms with Crippen molar-refractivity contribution in [3.8, 4) is 11.1 Å². The molecule has 0 aliphatic heterocycles. The number of aryl methyl sites for hydroxylation is 2. The maximum atomic E-state index is 13.3. The largest absolute Gasteiger partial charge is 0.352 e. The number of carbonyl (C=O) groups is 1. The van der Waals surface area contributed by atoms with Gasteiger partial charge in [0.15, 0.2) is 0 Å². The van der Waals surface area contributed by atoms with Crippen LogP contribution in [0.4, 0.5) is 4.39 Å². The van der Waals surface area contributed by atoms with Gasteiger partial charge in [-0.2, -0.15) is 11.3 Å². The zero-order valence-electron chi connectivity index (χ0n) is 14.1. The number of carbonyl (C=O) groups excluding carboxylic acids is 1. The number of hydrogen-bond acceptors (Lipinski definition) is 2. The van der Waals surface area contributed by atoms with E-state index >= 15 is 0 Å². The summed E-state index contributed by atoms with van der Waals surface area (Å²) in [6.07, 6.45) is 1.00. The van der Waals surface area contributed by atoms with E-state index in [4.69, 9.17) is 0 Å². The lowest BCUT2D eigenvalue weighted by Gasteiger charge is -2.10. The summed E-state index contributed by atoms with van der Waals surface area (Å²) >= 11 is 1.66. The highest BCUT2D eigenvalue weighted by atomic mass is 32.1. The second-order valence-corrected chi connectivity index (χ2v) is 6.81. The molecule has 0 fully saturated rings. The smallest absolute Gasteiger partial charge is 0.220 e. The summed E-state index contributed by atoms with van der Waals surface area (Å²) in [5.74, 6) is -0.208. The maximum Gasteiger partial charge on any atom is 0.220 e. The van der Waals surface area contributed by atoms with Gasteiger partial charge in [-0.25, -0.2) is 4.39 Å². The monoisotopic (exact) mass is 353 g/mol. The van der Waals surface area contributed by atoms with Gasteiger partial charge >= 0.3 is 0 Å².